The Hall–Kier alpha value is -2.62. The van der Waals surface area contributed by atoms with Crippen LogP contribution in [-0.4, -0.2) is 10.9 Å². The van der Waals surface area contributed by atoms with Crippen molar-refractivity contribution in [1.82, 2.24) is 10.2 Å². The van der Waals surface area contributed by atoms with E-state index in [1.165, 1.54) is 12.1 Å². The number of carbonyl (C=O) groups is 1. The minimum absolute atomic E-state index is 0.243. The first-order valence-corrected chi connectivity index (χ1v) is 8.97. The summed E-state index contributed by atoms with van der Waals surface area (Å²) < 4.78 is 13.2. The first-order valence-electron chi connectivity index (χ1n) is 8.97. The highest BCUT2D eigenvalue weighted by Gasteiger charge is 2.23. The molecule has 0 saturated carbocycles. The number of carbonyl (C=O) groups excluding carboxylic acids is 1. The highest BCUT2D eigenvalue weighted by Crippen LogP contribution is 2.23. The maximum atomic E-state index is 13.2. The molecule has 0 bridgehead atoms. The van der Waals surface area contributed by atoms with Gasteiger partial charge in [0.25, 0.3) is 0 Å². The van der Waals surface area contributed by atoms with Crippen LogP contribution in [0.1, 0.15) is 45.2 Å². The molecule has 1 aromatic rings. The predicted octanol–water partition coefficient (Wildman–Crippen LogP) is 5.86. The van der Waals surface area contributed by atoms with Crippen molar-refractivity contribution in [2.24, 2.45) is 0 Å². The van der Waals surface area contributed by atoms with Crippen molar-refractivity contribution >= 4 is 6.03 Å². The molecule has 4 heteroatoms. The third-order valence-corrected chi connectivity index (χ3v) is 3.95. The molecule has 0 spiro atoms. The lowest BCUT2D eigenvalue weighted by atomic mass is 10.1. The number of amides is 2. The van der Waals surface area contributed by atoms with Crippen LogP contribution in [0, 0.1) is 5.82 Å². The zero-order chi connectivity index (χ0) is 19.7. The average molecular weight is 356 g/mol. The quantitative estimate of drug-likeness (QED) is 0.659. The molecule has 0 atom stereocenters. The number of halogens is 1. The minimum atomic E-state index is -0.280. The van der Waals surface area contributed by atoms with Crippen molar-refractivity contribution in [2.75, 3.05) is 0 Å². The Morgan fingerprint density at radius 1 is 1.23 bits per heavy atom. The molecule has 1 aliphatic heterocycles. The first kappa shape index (κ1) is 21.4. The van der Waals surface area contributed by atoms with E-state index in [2.05, 4.69) is 31.5 Å². The summed E-state index contributed by atoms with van der Waals surface area (Å²) >= 11 is 0. The van der Waals surface area contributed by atoms with Gasteiger partial charge in [-0.1, -0.05) is 52.1 Å². The third kappa shape index (κ3) is 6.03. The number of allylic oxidation sites excluding steroid dienone is 5. The van der Waals surface area contributed by atoms with Gasteiger partial charge >= 0.3 is 6.03 Å². The van der Waals surface area contributed by atoms with Crippen LogP contribution >= 0.6 is 0 Å². The maximum Gasteiger partial charge on any atom is 0.322 e. The van der Waals surface area contributed by atoms with E-state index >= 15 is 0 Å². The molecule has 0 saturated heterocycles. The van der Waals surface area contributed by atoms with E-state index in [9.17, 15) is 9.18 Å². The lowest BCUT2D eigenvalue weighted by molar-refractivity contribution is 0.201. The molecular formula is C22H29FN2O. The van der Waals surface area contributed by atoms with Gasteiger partial charge in [0.05, 0.1) is 0 Å². The number of fused-ring (bicyclic) bond motifs is 1. The van der Waals surface area contributed by atoms with Gasteiger partial charge in [-0.2, -0.15) is 0 Å². The molecule has 0 aliphatic carbocycles. The summed E-state index contributed by atoms with van der Waals surface area (Å²) in [6, 6.07) is 4.37. The molecule has 26 heavy (non-hydrogen) atoms. The molecule has 0 radical (unpaired) electrons. The van der Waals surface area contributed by atoms with Crippen LogP contribution < -0.4 is 5.32 Å². The molecular weight excluding hydrogens is 327 g/mol. The van der Waals surface area contributed by atoms with Crippen molar-refractivity contribution in [2.45, 2.75) is 47.2 Å². The van der Waals surface area contributed by atoms with Gasteiger partial charge in [0.2, 0.25) is 0 Å². The van der Waals surface area contributed by atoms with Crippen LogP contribution in [-0.2, 0) is 13.1 Å². The van der Waals surface area contributed by atoms with Gasteiger partial charge in [-0.25, -0.2) is 9.18 Å². The highest BCUT2D eigenvalue weighted by molar-refractivity contribution is 5.77. The Labute approximate surface area is 156 Å². The number of hydrogen-bond donors (Lipinski definition) is 1. The number of hydrogen-bond acceptors (Lipinski definition) is 1. The van der Waals surface area contributed by atoms with Gasteiger partial charge in [-0.15, -0.1) is 0 Å². The number of benzene rings is 1. The molecule has 2 amide bonds. The van der Waals surface area contributed by atoms with Crippen molar-refractivity contribution in [3.63, 3.8) is 0 Å². The van der Waals surface area contributed by atoms with E-state index in [4.69, 9.17) is 0 Å². The zero-order valence-corrected chi connectivity index (χ0v) is 16.2. The lowest BCUT2D eigenvalue weighted by Gasteiger charge is -2.16. The second-order valence-electron chi connectivity index (χ2n) is 5.88. The molecule has 1 N–H and O–H groups in total. The van der Waals surface area contributed by atoms with Gasteiger partial charge in [0, 0.05) is 18.8 Å². The van der Waals surface area contributed by atoms with Crippen molar-refractivity contribution in [3.8, 4) is 0 Å². The molecule has 1 aromatic carbocycles. The van der Waals surface area contributed by atoms with E-state index < -0.39 is 0 Å². The van der Waals surface area contributed by atoms with E-state index in [0.717, 1.165) is 28.7 Å². The van der Waals surface area contributed by atoms with Gasteiger partial charge in [-0.3, -0.25) is 0 Å². The molecule has 3 nitrogen and oxygen atoms in total. The Bertz CT molecular complexity index is 732. The van der Waals surface area contributed by atoms with E-state index in [1.54, 1.807) is 17.0 Å². The number of urea groups is 1. The summed E-state index contributed by atoms with van der Waals surface area (Å²) in [5.74, 6) is -0.280. The average Bonchev–Trinajstić information content (AvgIpc) is 3.04. The normalized spacial score (nSPS) is 13.1. The van der Waals surface area contributed by atoms with Crippen molar-refractivity contribution < 1.29 is 9.18 Å². The van der Waals surface area contributed by atoms with Crippen LogP contribution in [0.4, 0.5) is 9.18 Å². The maximum absolute atomic E-state index is 13.2. The molecule has 1 aliphatic rings. The van der Waals surface area contributed by atoms with Crippen molar-refractivity contribution in [1.29, 1.82) is 0 Å². The second kappa shape index (κ2) is 10.4. The van der Waals surface area contributed by atoms with Gasteiger partial charge in [0.15, 0.2) is 0 Å². The topological polar surface area (TPSA) is 32.3 Å². The molecule has 2 rings (SSSR count). The van der Waals surface area contributed by atoms with Crippen molar-refractivity contribution in [3.05, 3.63) is 83.4 Å². The van der Waals surface area contributed by atoms with Gasteiger partial charge in [0.1, 0.15) is 5.82 Å². The number of nitrogens with one attached hydrogen (secondary N) is 1. The third-order valence-electron chi connectivity index (χ3n) is 3.95. The summed E-state index contributed by atoms with van der Waals surface area (Å²) in [5, 5.41) is 2.75. The van der Waals surface area contributed by atoms with E-state index in [0.29, 0.717) is 18.8 Å². The number of nitrogens with zero attached hydrogens (tertiary/aromatic N) is 1. The summed E-state index contributed by atoms with van der Waals surface area (Å²) in [5.41, 5.74) is 4.30. The SMILES string of the molecule is C=C(/C=C\C(=C)/C(C)=C/CC)NC(=O)N1Cc2ccc(F)cc2C1.CC. The van der Waals surface area contributed by atoms with Gasteiger partial charge < -0.3 is 10.2 Å². The fourth-order valence-electron chi connectivity index (χ4n) is 2.53. The largest absolute Gasteiger partial charge is 0.322 e. The standard InChI is InChI=1S/C20H23FN2O.C2H6/c1-5-6-14(2)15(3)7-8-16(4)22-20(24)23-12-17-9-10-19(21)11-18(17)13-23;1-2/h6-11H,3-5,12-13H2,1-2H3,(H,22,24);1-2H3/b8-7-,14-6+;. The zero-order valence-electron chi connectivity index (χ0n) is 16.2. The van der Waals surface area contributed by atoms with Gasteiger partial charge in [-0.05, 0) is 53.8 Å². The fourth-order valence-corrected chi connectivity index (χ4v) is 2.53. The first-order chi connectivity index (χ1) is 12.4. The smallest absolute Gasteiger partial charge is 0.316 e. The van der Waals surface area contributed by atoms with Crippen LogP contribution in [0.15, 0.2) is 66.4 Å². The Morgan fingerprint density at radius 2 is 1.88 bits per heavy atom. The van der Waals surface area contributed by atoms with E-state index in [1.807, 2.05) is 26.8 Å². The Kier molecular flexibility index (Phi) is 8.56. The molecule has 0 unspecified atom stereocenters. The molecule has 1 heterocycles. The minimum Gasteiger partial charge on any atom is -0.316 e. The molecule has 0 aromatic heterocycles. The summed E-state index contributed by atoms with van der Waals surface area (Å²) in [7, 11) is 0. The lowest BCUT2D eigenvalue weighted by Crippen LogP contribution is -2.35. The summed E-state index contributed by atoms with van der Waals surface area (Å²) in [4.78, 5) is 13.9. The van der Waals surface area contributed by atoms with Crippen LogP contribution in [0.5, 0.6) is 0 Å². The summed E-state index contributed by atoms with van der Waals surface area (Å²) in [6.07, 6.45) is 6.61. The van der Waals surface area contributed by atoms with E-state index in [-0.39, 0.29) is 11.8 Å². The van der Waals surface area contributed by atoms with Crippen LogP contribution in [0.3, 0.4) is 0 Å². The Morgan fingerprint density at radius 3 is 2.54 bits per heavy atom. The molecule has 0 fully saturated rings. The second-order valence-corrected chi connectivity index (χ2v) is 5.88. The number of rotatable bonds is 5. The fraction of sp³-hybridized carbons (Fsp3) is 0.318. The summed E-state index contributed by atoms with van der Waals surface area (Å²) in [6.45, 7) is 16.8. The van der Waals surface area contributed by atoms with Crippen LogP contribution in [0.25, 0.3) is 0 Å². The van der Waals surface area contributed by atoms with Crippen LogP contribution in [0.2, 0.25) is 0 Å². The monoisotopic (exact) mass is 356 g/mol. The highest BCUT2D eigenvalue weighted by atomic mass is 19.1. The predicted molar refractivity (Wildman–Crippen MR) is 107 cm³/mol. The Balaban J connectivity index is 0.00000163. The molecule has 140 valence electrons.